The van der Waals surface area contributed by atoms with E-state index in [1.54, 1.807) is 14.2 Å². The Hall–Kier alpha value is -0.340. The third-order valence-electron chi connectivity index (χ3n) is 3.12. The van der Waals surface area contributed by atoms with Crippen LogP contribution in [0, 0.1) is 0 Å². The minimum absolute atomic E-state index is 0. The number of nitrogens with one attached hydrogen (secondary N) is 2. The third kappa shape index (κ3) is 6.97. The van der Waals surface area contributed by atoms with Crippen molar-refractivity contribution < 1.29 is 4.74 Å². The van der Waals surface area contributed by atoms with Crippen molar-refractivity contribution in [2.75, 3.05) is 33.9 Å². The zero-order valence-electron chi connectivity index (χ0n) is 13.1. The number of hydrogen-bond donors (Lipinski definition) is 2. The Kier molecular flexibility index (Phi) is 10.2. The molecular formula is C15H25BrIN3O. The number of guanidine groups is 1. The molecule has 0 aromatic heterocycles. The monoisotopic (exact) mass is 469 g/mol. The number of ether oxygens (including phenoxy) is 1. The molecule has 0 aliphatic rings. The number of hydrogen-bond acceptors (Lipinski definition) is 2. The molecule has 0 saturated carbocycles. The van der Waals surface area contributed by atoms with Crippen molar-refractivity contribution >= 4 is 45.9 Å². The minimum Gasteiger partial charge on any atom is -0.383 e. The normalized spacial score (nSPS) is 11.8. The van der Waals surface area contributed by atoms with E-state index in [4.69, 9.17) is 4.74 Å². The summed E-state index contributed by atoms with van der Waals surface area (Å²) in [5.74, 6) is 0.794. The Bertz CT molecular complexity index is 452. The number of halogens is 2. The van der Waals surface area contributed by atoms with Crippen molar-refractivity contribution in [1.29, 1.82) is 0 Å². The largest absolute Gasteiger partial charge is 0.383 e. The van der Waals surface area contributed by atoms with Crippen LogP contribution in [0.15, 0.2) is 33.7 Å². The van der Waals surface area contributed by atoms with Crippen molar-refractivity contribution in [1.82, 2.24) is 10.6 Å². The predicted octanol–water partition coefficient (Wildman–Crippen LogP) is 3.16. The van der Waals surface area contributed by atoms with E-state index in [-0.39, 0.29) is 29.4 Å². The number of methoxy groups -OCH3 is 1. The van der Waals surface area contributed by atoms with Crippen LogP contribution < -0.4 is 10.6 Å². The summed E-state index contributed by atoms with van der Waals surface area (Å²) in [6.45, 7) is 6.62. The average Bonchev–Trinajstić information content (AvgIpc) is 2.43. The van der Waals surface area contributed by atoms with E-state index in [0.717, 1.165) is 23.5 Å². The maximum Gasteiger partial charge on any atom is 0.191 e. The summed E-state index contributed by atoms with van der Waals surface area (Å²) in [6, 6.07) is 8.31. The maximum atomic E-state index is 5.02. The van der Waals surface area contributed by atoms with Gasteiger partial charge in [0.15, 0.2) is 5.96 Å². The highest BCUT2D eigenvalue weighted by Crippen LogP contribution is 2.29. The van der Waals surface area contributed by atoms with Gasteiger partial charge in [-0.05, 0) is 11.6 Å². The van der Waals surface area contributed by atoms with Gasteiger partial charge in [0.2, 0.25) is 0 Å². The summed E-state index contributed by atoms with van der Waals surface area (Å²) in [5.41, 5.74) is 1.28. The highest BCUT2D eigenvalue weighted by molar-refractivity contribution is 14.0. The molecule has 21 heavy (non-hydrogen) atoms. The van der Waals surface area contributed by atoms with E-state index in [2.05, 4.69) is 63.6 Å². The lowest BCUT2D eigenvalue weighted by atomic mass is 9.84. The van der Waals surface area contributed by atoms with Crippen LogP contribution in [-0.4, -0.2) is 39.8 Å². The van der Waals surface area contributed by atoms with Gasteiger partial charge in [0.25, 0.3) is 0 Å². The quantitative estimate of drug-likeness (QED) is 0.291. The second kappa shape index (κ2) is 10.4. The van der Waals surface area contributed by atoms with E-state index in [1.165, 1.54) is 5.56 Å². The molecule has 0 spiro atoms. The van der Waals surface area contributed by atoms with E-state index in [0.29, 0.717) is 6.61 Å². The van der Waals surface area contributed by atoms with E-state index >= 15 is 0 Å². The zero-order chi connectivity index (χ0) is 15.0. The van der Waals surface area contributed by atoms with Crippen LogP contribution in [0.4, 0.5) is 0 Å². The number of rotatable bonds is 6. The number of nitrogens with zero attached hydrogens (tertiary/aromatic N) is 1. The molecule has 0 amide bonds. The first-order valence-electron chi connectivity index (χ1n) is 6.69. The fourth-order valence-electron chi connectivity index (χ4n) is 1.90. The second-order valence-electron chi connectivity index (χ2n) is 5.21. The third-order valence-corrected chi connectivity index (χ3v) is 3.81. The van der Waals surface area contributed by atoms with Gasteiger partial charge in [-0.2, -0.15) is 0 Å². The van der Waals surface area contributed by atoms with Crippen molar-refractivity contribution in [2.45, 2.75) is 19.3 Å². The Morgan fingerprint density at radius 2 is 1.95 bits per heavy atom. The van der Waals surface area contributed by atoms with Gasteiger partial charge in [-0.25, -0.2) is 0 Å². The van der Waals surface area contributed by atoms with Gasteiger partial charge in [-0.15, -0.1) is 24.0 Å². The molecule has 0 saturated heterocycles. The topological polar surface area (TPSA) is 45.7 Å². The van der Waals surface area contributed by atoms with Crippen LogP contribution in [0.2, 0.25) is 0 Å². The molecule has 6 heteroatoms. The summed E-state index contributed by atoms with van der Waals surface area (Å²) in [7, 11) is 3.46. The molecule has 0 aliphatic heterocycles. The lowest BCUT2D eigenvalue weighted by Gasteiger charge is -2.27. The molecule has 0 aliphatic carbocycles. The summed E-state index contributed by atoms with van der Waals surface area (Å²) in [4.78, 5) is 4.21. The van der Waals surface area contributed by atoms with Crippen molar-refractivity contribution in [3.63, 3.8) is 0 Å². The van der Waals surface area contributed by atoms with E-state index < -0.39 is 0 Å². The van der Waals surface area contributed by atoms with Gasteiger partial charge in [-0.1, -0.05) is 48.0 Å². The van der Waals surface area contributed by atoms with Crippen LogP contribution in [0.3, 0.4) is 0 Å². The smallest absolute Gasteiger partial charge is 0.191 e. The molecule has 1 rings (SSSR count). The second-order valence-corrected chi connectivity index (χ2v) is 6.06. The van der Waals surface area contributed by atoms with Gasteiger partial charge >= 0.3 is 0 Å². The predicted molar refractivity (Wildman–Crippen MR) is 104 cm³/mol. The van der Waals surface area contributed by atoms with Crippen molar-refractivity contribution in [2.24, 2.45) is 4.99 Å². The Labute approximate surface area is 153 Å². The standard InChI is InChI=1S/C15H24BrN3O.HI/c1-15(2,12-7-5-6-8-13(12)16)11-19-14(17-3)18-9-10-20-4;/h5-8H,9-11H2,1-4H3,(H2,17,18,19);1H. The lowest BCUT2D eigenvalue weighted by Crippen LogP contribution is -2.44. The highest BCUT2D eigenvalue weighted by atomic mass is 127. The lowest BCUT2D eigenvalue weighted by molar-refractivity contribution is 0.203. The first kappa shape index (κ1) is 20.7. The number of benzene rings is 1. The van der Waals surface area contributed by atoms with Crippen molar-refractivity contribution in [3.8, 4) is 0 Å². The van der Waals surface area contributed by atoms with Crippen LogP contribution in [0.5, 0.6) is 0 Å². The molecule has 0 bridgehead atoms. The molecule has 0 unspecified atom stereocenters. The van der Waals surface area contributed by atoms with Gasteiger partial charge in [-0.3, -0.25) is 4.99 Å². The van der Waals surface area contributed by atoms with Crippen LogP contribution in [-0.2, 0) is 10.2 Å². The molecule has 2 N–H and O–H groups in total. The summed E-state index contributed by atoms with van der Waals surface area (Å²) >= 11 is 3.62. The van der Waals surface area contributed by atoms with Gasteiger partial charge < -0.3 is 15.4 Å². The summed E-state index contributed by atoms with van der Waals surface area (Å²) in [6.07, 6.45) is 0. The SMILES string of the molecule is CN=C(NCCOC)NCC(C)(C)c1ccccc1Br.I. The Morgan fingerprint density at radius 1 is 1.29 bits per heavy atom. The first-order chi connectivity index (χ1) is 9.51. The molecule has 1 aromatic carbocycles. The van der Waals surface area contributed by atoms with Crippen LogP contribution >= 0.6 is 39.9 Å². The molecule has 0 atom stereocenters. The molecular weight excluding hydrogens is 445 g/mol. The average molecular weight is 470 g/mol. The van der Waals surface area contributed by atoms with Gasteiger partial charge in [0.05, 0.1) is 6.61 Å². The van der Waals surface area contributed by atoms with Crippen LogP contribution in [0.1, 0.15) is 19.4 Å². The van der Waals surface area contributed by atoms with E-state index in [1.807, 2.05) is 6.07 Å². The van der Waals surface area contributed by atoms with Crippen LogP contribution in [0.25, 0.3) is 0 Å². The van der Waals surface area contributed by atoms with Crippen molar-refractivity contribution in [3.05, 3.63) is 34.3 Å². The minimum atomic E-state index is -0.00102. The molecule has 1 aromatic rings. The van der Waals surface area contributed by atoms with Gasteiger partial charge in [0, 0.05) is 37.1 Å². The maximum absolute atomic E-state index is 5.02. The highest BCUT2D eigenvalue weighted by Gasteiger charge is 2.23. The van der Waals surface area contributed by atoms with E-state index in [9.17, 15) is 0 Å². The fourth-order valence-corrected chi connectivity index (χ4v) is 2.72. The molecule has 4 nitrogen and oxygen atoms in total. The Balaban J connectivity index is 0.00000400. The molecule has 0 radical (unpaired) electrons. The molecule has 0 fully saturated rings. The zero-order valence-corrected chi connectivity index (χ0v) is 17.0. The fraction of sp³-hybridized carbons (Fsp3) is 0.533. The number of aliphatic imine (C=N–C) groups is 1. The summed E-state index contributed by atoms with van der Waals surface area (Å²) in [5, 5.41) is 6.57. The molecule has 0 heterocycles. The molecule has 120 valence electrons. The summed E-state index contributed by atoms with van der Waals surface area (Å²) < 4.78 is 6.15. The Morgan fingerprint density at radius 3 is 2.52 bits per heavy atom. The first-order valence-corrected chi connectivity index (χ1v) is 7.49. The van der Waals surface area contributed by atoms with Gasteiger partial charge in [0.1, 0.15) is 0 Å².